The predicted molar refractivity (Wildman–Crippen MR) is 92.6 cm³/mol. The van der Waals surface area contributed by atoms with Crippen molar-refractivity contribution in [2.24, 2.45) is 0 Å². The van der Waals surface area contributed by atoms with E-state index in [4.69, 9.17) is 16.0 Å². The fourth-order valence-corrected chi connectivity index (χ4v) is 3.00. The Labute approximate surface area is 152 Å². The van der Waals surface area contributed by atoms with Crippen LogP contribution >= 0.6 is 11.6 Å². The summed E-state index contributed by atoms with van der Waals surface area (Å²) in [6.45, 7) is 0.509. The molecule has 2 aromatic heterocycles. The predicted octanol–water partition coefficient (Wildman–Crippen LogP) is 2.50. The van der Waals surface area contributed by atoms with Crippen LogP contribution in [-0.2, 0) is 6.54 Å². The first-order valence-electron chi connectivity index (χ1n) is 8.21. The van der Waals surface area contributed by atoms with Gasteiger partial charge in [-0.05, 0) is 36.6 Å². The fourth-order valence-electron chi connectivity index (χ4n) is 2.89. The van der Waals surface area contributed by atoms with Crippen LogP contribution in [0.1, 0.15) is 30.2 Å². The van der Waals surface area contributed by atoms with Gasteiger partial charge in [0.2, 0.25) is 5.89 Å². The minimum Gasteiger partial charge on any atom is -0.407 e. The summed E-state index contributed by atoms with van der Waals surface area (Å²) in [5.41, 5.74) is 1.12. The van der Waals surface area contributed by atoms with Crippen LogP contribution in [0.4, 0.5) is 0 Å². The van der Waals surface area contributed by atoms with E-state index in [1.165, 1.54) is 4.57 Å². The van der Waals surface area contributed by atoms with Crippen molar-refractivity contribution in [2.75, 3.05) is 0 Å². The van der Waals surface area contributed by atoms with Crippen LogP contribution in [0.3, 0.4) is 0 Å². The summed E-state index contributed by atoms with van der Waals surface area (Å²) in [5.74, 6) is 1.44. The molecule has 1 aliphatic carbocycles. The highest BCUT2D eigenvalue weighted by Gasteiger charge is 2.31. The quantitative estimate of drug-likeness (QED) is 0.514. The van der Waals surface area contributed by atoms with Crippen LogP contribution in [0.25, 0.3) is 17.5 Å². The summed E-state index contributed by atoms with van der Waals surface area (Å²) >= 11 is 5.83. The van der Waals surface area contributed by atoms with Gasteiger partial charge in [0, 0.05) is 18.3 Å². The van der Waals surface area contributed by atoms with Gasteiger partial charge >= 0.3 is 11.7 Å². The van der Waals surface area contributed by atoms with E-state index in [2.05, 4.69) is 20.2 Å². The highest BCUT2D eigenvalue weighted by Crippen LogP contribution is 2.39. The monoisotopic (exact) mass is 368 g/mol. The Hall–Kier alpha value is -3.00. The Balaban J connectivity index is 1.54. The van der Waals surface area contributed by atoms with Crippen molar-refractivity contribution in [1.82, 2.24) is 29.3 Å². The number of nitrogens with zero attached hydrogens (tertiary/aromatic N) is 6. The Morgan fingerprint density at radius 1 is 1.23 bits per heavy atom. The van der Waals surface area contributed by atoms with E-state index in [1.807, 2.05) is 22.9 Å². The largest absolute Gasteiger partial charge is 0.407 e. The third-order valence-corrected chi connectivity index (χ3v) is 4.57. The lowest BCUT2D eigenvalue weighted by atomic mass is 10.2. The Kier molecular flexibility index (Phi) is 3.39. The molecule has 1 saturated carbocycles. The van der Waals surface area contributed by atoms with Crippen molar-refractivity contribution >= 4 is 11.6 Å². The number of imidazole rings is 1. The van der Waals surface area contributed by atoms with Gasteiger partial charge in [-0.15, -0.1) is 5.10 Å². The maximum absolute atomic E-state index is 12.5. The van der Waals surface area contributed by atoms with E-state index < -0.39 is 5.69 Å². The summed E-state index contributed by atoms with van der Waals surface area (Å²) in [7, 11) is 0. The van der Waals surface area contributed by atoms with Gasteiger partial charge in [-0.2, -0.15) is 4.98 Å². The van der Waals surface area contributed by atoms with Gasteiger partial charge < -0.3 is 8.98 Å². The number of fused-ring (bicyclic) bond motifs is 1. The third kappa shape index (κ3) is 2.59. The molecule has 0 N–H and O–H groups in total. The second kappa shape index (κ2) is 5.77. The molecule has 130 valence electrons. The average molecular weight is 369 g/mol. The third-order valence-electron chi connectivity index (χ3n) is 4.34. The van der Waals surface area contributed by atoms with Crippen molar-refractivity contribution < 1.29 is 4.42 Å². The van der Waals surface area contributed by atoms with Crippen molar-refractivity contribution in [1.29, 1.82) is 0 Å². The lowest BCUT2D eigenvalue weighted by Gasteiger charge is -2.11. The summed E-state index contributed by atoms with van der Waals surface area (Å²) in [6.07, 6.45) is 5.65. The molecule has 1 fully saturated rings. The van der Waals surface area contributed by atoms with Crippen LogP contribution in [0, 0.1) is 0 Å². The molecule has 0 radical (unpaired) electrons. The number of hydrogen-bond donors (Lipinski definition) is 0. The van der Waals surface area contributed by atoms with Crippen LogP contribution in [-0.4, -0.2) is 29.3 Å². The number of rotatable bonds is 4. The van der Waals surface area contributed by atoms with E-state index in [1.54, 1.807) is 18.3 Å². The second-order valence-electron chi connectivity index (χ2n) is 6.26. The molecule has 0 atom stereocenters. The number of hydrogen-bond acceptors (Lipinski definition) is 6. The van der Waals surface area contributed by atoms with E-state index in [0.717, 1.165) is 18.4 Å². The van der Waals surface area contributed by atoms with Crippen LogP contribution < -0.4 is 5.69 Å². The summed E-state index contributed by atoms with van der Waals surface area (Å²) in [6, 6.07) is 7.43. The summed E-state index contributed by atoms with van der Waals surface area (Å²) < 4.78 is 8.90. The number of pyridine rings is 2. The highest BCUT2D eigenvalue weighted by atomic mass is 35.5. The highest BCUT2D eigenvalue weighted by molar-refractivity contribution is 6.29. The fraction of sp³-hybridized carbons (Fsp3) is 0.235. The second-order valence-corrected chi connectivity index (χ2v) is 6.65. The number of aromatic nitrogens is 6. The van der Waals surface area contributed by atoms with E-state index in [0.29, 0.717) is 35.0 Å². The molecule has 0 saturated heterocycles. The Bertz CT molecular complexity index is 1110. The minimum absolute atomic E-state index is 0.158. The Morgan fingerprint density at radius 3 is 2.88 bits per heavy atom. The average Bonchev–Trinajstić information content (AvgIpc) is 3.27. The SMILES string of the molecule is O=c1nc2n(Cc3ccc(Cl)nc3)cccc-2n1-c1nnc(C2CC2)o1. The van der Waals surface area contributed by atoms with E-state index in [9.17, 15) is 4.79 Å². The standard InChI is InChI=1S/C17H13ClN6O2/c18-13-6-3-10(8-19-13)9-23-7-1-2-12-14(23)20-16(25)24(12)17-22-21-15(26-17)11-4-5-11/h1-3,6-8,11H,4-5,9H2. The molecule has 2 aliphatic heterocycles. The topological polar surface area (TPSA) is 91.6 Å². The molecule has 5 rings (SSSR count). The van der Waals surface area contributed by atoms with Crippen LogP contribution in [0.2, 0.25) is 5.15 Å². The molecule has 3 aliphatic rings. The molecule has 0 bridgehead atoms. The van der Waals surface area contributed by atoms with Crippen LogP contribution in [0.5, 0.6) is 0 Å². The minimum atomic E-state index is -0.444. The zero-order valence-corrected chi connectivity index (χ0v) is 14.3. The first-order chi connectivity index (χ1) is 12.7. The van der Waals surface area contributed by atoms with Crippen molar-refractivity contribution in [3.8, 4) is 17.5 Å². The van der Waals surface area contributed by atoms with Gasteiger partial charge in [0.05, 0.1) is 12.2 Å². The maximum atomic E-state index is 12.5. The van der Waals surface area contributed by atoms with Gasteiger partial charge in [-0.1, -0.05) is 22.8 Å². The first-order valence-corrected chi connectivity index (χ1v) is 8.59. The van der Waals surface area contributed by atoms with Crippen molar-refractivity contribution in [3.63, 3.8) is 0 Å². The molecular formula is C17H13ClN6O2. The summed E-state index contributed by atoms with van der Waals surface area (Å²) in [4.78, 5) is 20.7. The molecule has 0 aromatic carbocycles. The smallest absolute Gasteiger partial charge is 0.358 e. The van der Waals surface area contributed by atoms with Gasteiger partial charge in [0.1, 0.15) is 5.15 Å². The number of halogens is 1. The molecule has 4 heterocycles. The molecule has 2 aromatic rings. The van der Waals surface area contributed by atoms with Gasteiger partial charge in [0.15, 0.2) is 5.82 Å². The lowest BCUT2D eigenvalue weighted by molar-refractivity contribution is 0.474. The summed E-state index contributed by atoms with van der Waals surface area (Å²) in [5, 5.41) is 8.51. The normalized spacial score (nSPS) is 14.2. The Morgan fingerprint density at radius 2 is 2.12 bits per heavy atom. The van der Waals surface area contributed by atoms with Crippen molar-refractivity contribution in [2.45, 2.75) is 25.3 Å². The molecule has 0 spiro atoms. The van der Waals surface area contributed by atoms with E-state index in [-0.39, 0.29) is 6.01 Å². The van der Waals surface area contributed by atoms with E-state index >= 15 is 0 Å². The van der Waals surface area contributed by atoms with Crippen LogP contribution in [0.15, 0.2) is 45.9 Å². The zero-order valence-electron chi connectivity index (χ0n) is 13.5. The first kappa shape index (κ1) is 15.3. The molecule has 8 nitrogen and oxygen atoms in total. The molecule has 0 unspecified atom stereocenters. The lowest BCUT2D eigenvalue weighted by Crippen LogP contribution is -2.14. The maximum Gasteiger partial charge on any atom is 0.358 e. The van der Waals surface area contributed by atoms with Gasteiger partial charge in [-0.25, -0.2) is 14.3 Å². The van der Waals surface area contributed by atoms with Gasteiger partial charge in [0.25, 0.3) is 0 Å². The molecular weight excluding hydrogens is 356 g/mol. The molecule has 9 heteroatoms. The zero-order chi connectivity index (χ0) is 17.7. The molecule has 0 amide bonds. The van der Waals surface area contributed by atoms with Gasteiger partial charge in [-0.3, -0.25) is 0 Å². The molecule has 26 heavy (non-hydrogen) atoms. The van der Waals surface area contributed by atoms with Crippen molar-refractivity contribution in [3.05, 3.63) is 63.8 Å².